The Morgan fingerprint density at radius 3 is 2.65 bits per heavy atom. The van der Waals surface area contributed by atoms with Gasteiger partial charge in [-0.2, -0.15) is 5.10 Å². The molecular weight excluding hydrogens is 286 g/mol. The highest BCUT2D eigenvalue weighted by Crippen LogP contribution is 2.30. The van der Waals surface area contributed by atoms with Gasteiger partial charge in [0.05, 0.1) is 21.4 Å². The van der Waals surface area contributed by atoms with E-state index in [1.807, 2.05) is 0 Å². The van der Waals surface area contributed by atoms with E-state index in [1.165, 1.54) is 6.07 Å². The first-order valence-corrected chi connectivity index (χ1v) is 6.12. The van der Waals surface area contributed by atoms with Crippen molar-refractivity contribution >= 4 is 34.2 Å². The number of aromatic amines is 1. The number of hydrogen-bond acceptors (Lipinski definition) is 5. The van der Waals surface area contributed by atoms with Gasteiger partial charge in [0, 0.05) is 12.1 Å². The van der Waals surface area contributed by atoms with E-state index in [0.29, 0.717) is 10.9 Å². The number of non-ortho nitro benzene ring substituents is 1. The molecule has 1 heterocycles. The molecule has 1 aromatic heterocycles. The highest BCUT2D eigenvalue weighted by molar-refractivity contribution is 6.35. The molecule has 1 N–H and O–H groups in total. The molecule has 2 aromatic rings. The summed E-state index contributed by atoms with van der Waals surface area (Å²) in [6.07, 6.45) is 0. The van der Waals surface area contributed by atoms with E-state index in [1.54, 1.807) is 20.8 Å². The highest BCUT2D eigenvalue weighted by Gasteiger charge is 2.25. The number of aromatic nitrogens is 2. The van der Waals surface area contributed by atoms with Crippen LogP contribution in [-0.2, 0) is 4.74 Å². The Morgan fingerprint density at radius 1 is 1.45 bits per heavy atom. The molecule has 0 amide bonds. The summed E-state index contributed by atoms with van der Waals surface area (Å²) in [4.78, 5) is 22.5. The first-order valence-electron chi connectivity index (χ1n) is 5.74. The SMILES string of the molecule is CC(C)(C)OC(=O)c1cc([N+](=O)[O-])cc2[nH]nc(Cl)c12. The summed E-state index contributed by atoms with van der Waals surface area (Å²) in [6.45, 7) is 5.11. The lowest BCUT2D eigenvalue weighted by molar-refractivity contribution is -0.384. The van der Waals surface area contributed by atoms with Crippen molar-refractivity contribution in [2.75, 3.05) is 0 Å². The van der Waals surface area contributed by atoms with Gasteiger partial charge in [0.1, 0.15) is 5.60 Å². The van der Waals surface area contributed by atoms with Crippen LogP contribution in [0, 0.1) is 10.1 Å². The Morgan fingerprint density at radius 2 is 2.10 bits per heavy atom. The Bertz CT molecular complexity index is 703. The average Bonchev–Trinajstić information content (AvgIpc) is 2.68. The van der Waals surface area contributed by atoms with Crippen LogP contribution in [0.15, 0.2) is 12.1 Å². The molecule has 20 heavy (non-hydrogen) atoms. The quantitative estimate of drug-likeness (QED) is 0.522. The molecule has 0 fully saturated rings. The minimum atomic E-state index is -0.718. The summed E-state index contributed by atoms with van der Waals surface area (Å²) in [7, 11) is 0. The van der Waals surface area contributed by atoms with E-state index in [9.17, 15) is 14.9 Å². The summed E-state index contributed by atoms with van der Waals surface area (Å²) < 4.78 is 5.23. The molecule has 0 saturated carbocycles. The molecule has 106 valence electrons. The second-order valence-electron chi connectivity index (χ2n) is 5.19. The molecule has 0 atom stereocenters. The summed E-state index contributed by atoms with van der Waals surface area (Å²) in [5.41, 5.74) is -0.629. The van der Waals surface area contributed by atoms with Crippen LogP contribution in [0.3, 0.4) is 0 Å². The van der Waals surface area contributed by atoms with Gasteiger partial charge in [-0.3, -0.25) is 15.2 Å². The van der Waals surface area contributed by atoms with Gasteiger partial charge in [-0.1, -0.05) is 11.6 Å². The number of hydrogen-bond donors (Lipinski definition) is 1. The van der Waals surface area contributed by atoms with E-state index in [2.05, 4.69) is 10.2 Å². The maximum Gasteiger partial charge on any atom is 0.339 e. The lowest BCUT2D eigenvalue weighted by atomic mass is 10.1. The molecule has 7 nitrogen and oxygen atoms in total. The number of benzene rings is 1. The van der Waals surface area contributed by atoms with Gasteiger partial charge in [-0.15, -0.1) is 0 Å². The van der Waals surface area contributed by atoms with Gasteiger partial charge in [0.2, 0.25) is 0 Å². The van der Waals surface area contributed by atoms with E-state index < -0.39 is 16.5 Å². The summed E-state index contributed by atoms with van der Waals surface area (Å²) in [5.74, 6) is -0.686. The smallest absolute Gasteiger partial charge is 0.339 e. The predicted octanol–water partition coefficient (Wildman–Crippen LogP) is 3.08. The van der Waals surface area contributed by atoms with Gasteiger partial charge < -0.3 is 4.74 Å². The number of rotatable bonds is 2. The summed E-state index contributed by atoms with van der Waals surface area (Å²) >= 11 is 5.90. The first-order chi connectivity index (χ1) is 9.19. The second-order valence-corrected chi connectivity index (χ2v) is 5.55. The monoisotopic (exact) mass is 297 g/mol. The topological polar surface area (TPSA) is 98.1 Å². The molecule has 0 bridgehead atoms. The van der Waals surface area contributed by atoms with E-state index in [-0.39, 0.29) is 16.4 Å². The number of fused-ring (bicyclic) bond motifs is 1. The number of halogens is 1. The average molecular weight is 298 g/mol. The summed E-state index contributed by atoms with van der Waals surface area (Å²) in [6, 6.07) is 2.40. The van der Waals surface area contributed by atoms with Crippen molar-refractivity contribution in [3.8, 4) is 0 Å². The Kier molecular flexibility index (Phi) is 3.39. The van der Waals surface area contributed by atoms with Crippen molar-refractivity contribution < 1.29 is 14.5 Å². The molecule has 8 heteroatoms. The fraction of sp³-hybridized carbons (Fsp3) is 0.333. The number of nitro benzene ring substituents is 1. The molecule has 2 rings (SSSR count). The summed E-state index contributed by atoms with van der Waals surface area (Å²) in [5, 5.41) is 17.6. The fourth-order valence-corrected chi connectivity index (χ4v) is 1.95. The maximum absolute atomic E-state index is 12.2. The number of nitro groups is 1. The minimum absolute atomic E-state index is 0.0166. The predicted molar refractivity (Wildman–Crippen MR) is 72.9 cm³/mol. The molecule has 0 unspecified atom stereocenters. The normalized spacial score (nSPS) is 11.6. The van der Waals surface area contributed by atoms with Crippen LogP contribution in [0.1, 0.15) is 31.1 Å². The van der Waals surface area contributed by atoms with Crippen molar-refractivity contribution in [2.24, 2.45) is 0 Å². The van der Waals surface area contributed by atoms with Crippen LogP contribution >= 0.6 is 11.6 Å². The molecule has 0 aliphatic rings. The van der Waals surface area contributed by atoms with Crippen molar-refractivity contribution in [3.05, 3.63) is 33.0 Å². The second kappa shape index (κ2) is 4.75. The van der Waals surface area contributed by atoms with Crippen molar-refractivity contribution in [2.45, 2.75) is 26.4 Å². The molecule has 0 saturated heterocycles. The van der Waals surface area contributed by atoms with Crippen LogP contribution in [-0.4, -0.2) is 26.7 Å². The van der Waals surface area contributed by atoms with Gasteiger partial charge in [0.25, 0.3) is 5.69 Å². The molecular formula is C12H12ClN3O4. The van der Waals surface area contributed by atoms with Crippen LogP contribution in [0.5, 0.6) is 0 Å². The van der Waals surface area contributed by atoms with Gasteiger partial charge in [-0.25, -0.2) is 4.79 Å². The van der Waals surface area contributed by atoms with Crippen LogP contribution in [0.4, 0.5) is 5.69 Å². The van der Waals surface area contributed by atoms with Gasteiger partial charge in [-0.05, 0) is 20.8 Å². The maximum atomic E-state index is 12.2. The van der Waals surface area contributed by atoms with Gasteiger partial charge in [0.15, 0.2) is 5.15 Å². The molecule has 0 spiro atoms. The van der Waals surface area contributed by atoms with Crippen LogP contribution < -0.4 is 0 Å². The minimum Gasteiger partial charge on any atom is -0.456 e. The number of carbonyl (C=O) groups excluding carboxylic acids is 1. The van der Waals surface area contributed by atoms with Crippen molar-refractivity contribution in [3.63, 3.8) is 0 Å². The zero-order valence-corrected chi connectivity index (χ0v) is 11.8. The Hall–Kier alpha value is -2.15. The third kappa shape index (κ3) is 2.72. The fourth-order valence-electron chi connectivity index (χ4n) is 1.70. The van der Waals surface area contributed by atoms with Crippen LogP contribution in [0.25, 0.3) is 10.9 Å². The van der Waals surface area contributed by atoms with Crippen molar-refractivity contribution in [1.29, 1.82) is 0 Å². The lowest BCUT2D eigenvalue weighted by Gasteiger charge is -2.19. The standard InChI is InChI=1S/C12H12ClN3O4/c1-12(2,3)20-11(17)7-4-6(16(18)19)5-8-9(7)10(13)15-14-8/h4-5H,1-3H3,(H,14,15). The van der Waals surface area contributed by atoms with Gasteiger partial charge >= 0.3 is 5.97 Å². The number of nitrogens with one attached hydrogen (secondary N) is 1. The van der Waals surface area contributed by atoms with E-state index >= 15 is 0 Å². The Labute approximate surface area is 119 Å². The van der Waals surface area contributed by atoms with Crippen molar-refractivity contribution in [1.82, 2.24) is 10.2 Å². The third-order valence-electron chi connectivity index (χ3n) is 2.43. The number of H-pyrrole nitrogens is 1. The molecule has 1 aromatic carbocycles. The van der Waals surface area contributed by atoms with Crippen LogP contribution in [0.2, 0.25) is 5.15 Å². The third-order valence-corrected chi connectivity index (χ3v) is 2.71. The first kappa shape index (κ1) is 14.3. The molecule has 0 aliphatic carbocycles. The van der Waals surface area contributed by atoms with E-state index in [0.717, 1.165) is 6.07 Å². The lowest BCUT2D eigenvalue weighted by Crippen LogP contribution is -2.24. The number of esters is 1. The molecule has 0 aliphatic heterocycles. The Balaban J connectivity index is 2.63. The van der Waals surface area contributed by atoms with E-state index in [4.69, 9.17) is 16.3 Å². The number of ether oxygens (including phenoxy) is 1. The number of nitrogens with zero attached hydrogens (tertiary/aromatic N) is 2. The zero-order valence-electron chi connectivity index (χ0n) is 11.1. The molecule has 0 radical (unpaired) electrons. The number of carbonyl (C=O) groups is 1. The highest BCUT2D eigenvalue weighted by atomic mass is 35.5. The zero-order chi connectivity index (χ0) is 15.1. The largest absolute Gasteiger partial charge is 0.456 e.